The third kappa shape index (κ3) is 1.53. The van der Waals surface area contributed by atoms with E-state index in [-0.39, 0.29) is 11.7 Å². The molecule has 0 heterocycles. The molecule has 0 bridgehead atoms. The van der Waals surface area contributed by atoms with Gasteiger partial charge in [-0.05, 0) is 32.6 Å². The first-order valence-corrected chi connectivity index (χ1v) is 4.72. The van der Waals surface area contributed by atoms with Gasteiger partial charge in [-0.15, -0.1) is 0 Å². The van der Waals surface area contributed by atoms with Crippen molar-refractivity contribution in [1.29, 1.82) is 0 Å². The zero-order valence-corrected chi connectivity index (χ0v) is 8.13. The Balaban J connectivity index is 2.80. The van der Waals surface area contributed by atoms with Gasteiger partial charge >= 0.3 is 0 Å². The van der Waals surface area contributed by atoms with Crippen LogP contribution in [0.4, 0.5) is 0 Å². The van der Waals surface area contributed by atoms with Crippen LogP contribution in [0.1, 0.15) is 40.0 Å². The van der Waals surface area contributed by atoms with Crippen LogP contribution in [0.15, 0.2) is 0 Å². The Morgan fingerprint density at radius 2 is 2.25 bits per heavy atom. The number of hydrogen-bond donors (Lipinski definition) is 1. The van der Waals surface area contributed by atoms with Gasteiger partial charge in [0, 0.05) is 5.92 Å². The molecule has 0 spiro atoms. The van der Waals surface area contributed by atoms with Gasteiger partial charge in [-0.2, -0.15) is 0 Å². The maximum atomic E-state index is 11.3. The van der Waals surface area contributed by atoms with Gasteiger partial charge in [-0.1, -0.05) is 13.3 Å². The van der Waals surface area contributed by atoms with Crippen LogP contribution in [0.25, 0.3) is 0 Å². The van der Waals surface area contributed by atoms with Crippen molar-refractivity contribution >= 4 is 5.78 Å². The first-order valence-electron chi connectivity index (χ1n) is 4.72. The number of rotatable bonds is 2. The lowest BCUT2D eigenvalue weighted by Crippen LogP contribution is -2.36. The Labute approximate surface area is 74.0 Å². The minimum absolute atomic E-state index is 0.123. The molecular weight excluding hydrogens is 152 g/mol. The molecule has 1 N–H and O–H groups in total. The monoisotopic (exact) mass is 170 g/mol. The SMILES string of the molecule is CC[C@H]1CC[C@](C)(O)[C@@H]1C(C)=O. The molecule has 0 saturated heterocycles. The van der Waals surface area contributed by atoms with Crippen molar-refractivity contribution < 1.29 is 9.90 Å². The van der Waals surface area contributed by atoms with Crippen LogP contribution < -0.4 is 0 Å². The molecule has 0 aromatic heterocycles. The highest BCUT2D eigenvalue weighted by Crippen LogP contribution is 2.42. The summed E-state index contributed by atoms with van der Waals surface area (Å²) in [5, 5.41) is 9.91. The maximum Gasteiger partial charge on any atom is 0.136 e. The summed E-state index contributed by atoms with van der Waals surface area (Å²) in [5.41, 5.74) is -0.744. The van der Waals surface area contributed by atoms with Crippen molar-refractivity contribution in [2.24, 2.45) is 11.8 Å². The van der Waals surface area contributed by atoms with Crippen molar-refractivity contribution in [2.75, 3.05) is 0 Å². The predicted molar refractivity (Wildman–Crippen MR) is 47.8 cm³/mol. The first-order chi connectivity index (χ1) is 5.49. The quantitative estimate of drug-likeness (QED) is 0.685. The fourth-order valence-electron chi connectivity index (χ4n) is 2.52. The molecule has 1 fully saturated rings. The Morgan fingerprint density at radius 3 is 2.58 bits per heavy atom. The summed E-state index contributed by atoms with van der Waals surface area (Å²) in [6.07, 6.45) is 2.77. The third-order valence-corrected chi connectivity index (χ3v) is 3.13. The van der Waals surface area contributed by atoms with E-state index < -0.39 is 5.60 Å². The van der Waals surface area contributed by atoms with E-state index in [4.69, 9.17) is 0 Å². The molecule has 12 heavy (non-hydrogen) atoms. The van der Waals surface area contributed by atoms with Gasteiger partial charge in [0.2, 0.25) is 0 Å². The predicted octanol–water partition coefficient (Wildman–Crippen LogP) is 1.76. The molecule has 0 radical (unpaired) electrons. The lowest BCUT2D eigenvalue weighted by atomic mass is 9.83. The fourth-order valence-corrected chi connectivity index (χ4v) is 2.52. The largest absolute Gasteiger partial charge is 0.389 e. The molecule has 1 rings (SSSR count). The summed E-state index contributed by atoms with van der Waals surface area (Å²) in [5.74, 6) is 0.421. The van der Waals surface area contributed by atoms with E-state index in [1.165, 1.54) is 0 Å². The van der Waals surface area contributed by atoms with E-state index >= 15 is 0 Å². The Morgan fingerprint density at radius 1 is 1.67 bits per heavy atom. The Bertz CT molecular complexity index is 184. The van der Waals surface area contributed by atoms with E-state index in [1.807, 2.05) is 0 Å². The fraction of sp³-hybridized carbons (Fsp3) is 0.900. The summed E-state index contributed by atoms with van der Waals surface area (Å²) >= 11 is 0. The highest BCUT2D eigenvalue weighted by molar-refractivity contribution is 5.80. The highest BCUT2D eigenvalue weighted by Gasteiger charge is 2.45. The lowest BCUT2D eigenvalue weighted by molar-refractivity contribution is -0.128. The van der Waals surface area contributed by atoms with Crippen molar-refractivity contribution in [3.63, 3.8) is 0 Å². The first kappa shape index (κ1) is 9.72. The second-order valence-electron chi connectivity index (χ2n) is 4.15. The third-order valence-electron chi connectivity index (χ3n) is 3.13. The minimum Gasteiger partial charge on any atom is -0.389 e. The molecule has 1 saturated carbocycles. The van der Waals surface area contributed by atoms with Gasteiger partial charge < -0.3 is 5.11 Å². The molecular formula is C10H18O2. The summed E-state index contributed by atoms with van der Waals surface area (Å²) in [6.45, 7) is 5.46. The van der Waals surface area contributed by atoms with Crippen LogP contribution in [-0.2, 0) is 4.79 Å². The zero-order chi connectivity index (χ0) is 9.35. The number of aliphatic hydroxyl groups is 1. The molecule has 1 aliphatic carbocycles. The standard InChI is InChI=1S/C10H18O2/c1-4-8-5-6-10(3,12)9(8)7(2)11/h8-9,12H,4-6H2,1-3H3/t8-,9+,10-/m0/s1. The molecule has 2 nitrogen and oxygen atoms in total. The number of Topliss-reactive ketones (excluding diaryl/α,β-unsaturated/α-hetero) is 1. The second-order valence-corrected chi connectivity index (χ2v) is 4.15. The van der Waals surface area contributed by atoms with Gasteiger partial charge in [0.25, 0.3) is 0 Å². The molecule has 0 unspecified atom stereocenters. The van der Waals surface area contributed by atoms with Gasteiger partial charge in [0.05, 0.1) is 5.60 Å². The molecule has 0 aromatic carbocycles. The smallest absolute Gasteiger partial charge is 0.136 e. The van der Waals surface area contributed by atoms with Crippen molar-refractivity contribution in [1.82, 2.24) is 0 Å². The molecule has 2 heteroatoms. The number of carbonyl (C=O) groups excluding carboxylic acids is 1. The summed E-state index contributed by atoms with van der Waals surface area (Å²) in [7, 11) is 0. The van der Waals surface area contributed by atoms with Crippen molar-refractivity contribution in [2.45, 2.75) is 45.6 Å². The van der Waals surface area contributed by atoms with Crippen molar-refractivity contribution in [3.05, 3.63) is 0 Å². The normalized spacial score (nSPS) is 41.7. The van der Waals surface area contributed by atoms with Crippen LogP contribution in [0, 0.1) is 11.8 Å². The van der Waals surface area contributed by atoms with Crippen LogP contribution >= 0.6 is 0 Å². The van der Waals surface area contributed by atoms with E-state index in [0.29, 0.717) is 5.92 Å². The average molecular weight is 170 g/mol. The van der Waals surface area contributed by atoms with Crippen molar-refractivity contribution in [3.8, 4) is 0 Å². The van der Waals surface area contributed by atoms with Gasteiger partial charge in [0.15, 0.2) is 0 Å². The molecule has 1 aliphatic rings. The lowest BCUT2D eigenvalue weighted by Gasteiger charge is -2.26. The maximum absolute atomic E-state index is 11.3. The second kappa shape index (κ2) is 3.17. The zero-order valence-electron chi connectivity index (χ0n) is 8.13. The van der Waals surface area contributed by atoms with Gasteiger partial charge in [-0.25, -0.2) is 0 Å². The summed E-state index contributed by atoms with van der Waals surface area (Å²) < 4.78 is 0. The highest BCUT2D eigenvalue weighted by atomic mass is 16.3. The molecule has 70 valence electrons. The molecule has 0 amide bonds. The number of ketones is 1. The van der Waals surface area contributed by atoms with E-state index in [1.54, 1.807) is 13.8 Å². The van der Waals surface area contributed by atoms with Gasteiger partial charge in [-0.3, -0.25) is 4.79 Å². The average Bonchev–Trinajstić information content (AvgIpc) is 2.24. The number of carbonyl (C=O) groups is 1. The summed E-state index contributed by atoms with van der Waals surface area (Å²) in [4.78, 5) is 11.3. The van der Waals surface area contributed by atoms with E-state index in [0.717, 1.165) is 19.3 Å². The summed E-state index contributed by atoms with van der Waals surface area (Å²) in [6, 6.07) is 0. The van der Waals surface area contributed by atoms with Gasteiger partial charge in [0.1, 0.15) is 5.78 Å². The van der Waals surface area contributed by atoms with Crippen LogP contribution in [-0.4, -0.2) is 16.5 Å². The van der Waals surface area contributed by atoms with Crippen LogP contribution in [0.3, 0.4) is 0 Å². The molecule has 3 atom stereocenters. The van der Waals surface area contributed by atoms with E-state index in [2.05, 4.69) is 6.92 Å². The Hall–Kier alpha value is -0.370. The topological polar surface area (TPSA) is 37.3 Å². The molecule has 0 aromatic rings. The van der Waals surface area contributed by atoms with Crippen LogP contribution in [0.5, 0.6) is 0 Å². The van der Waals surface area contributed by atoms with E-state index in [9.17, 15) is 9.90 Å². The number of hydrogen-bond acceptors (Lipinski definition) is 2. The minimum atomic E-state index is -0.744. The Kier molecular flexibility index (Phi) is 2.57. The van der Waals surface area contributed by atoms with Crippen LogP contribution in [0.2, 0.25) is 0 Å². The molecule has 0 aliphatic heterocycles.